The Morgan fingerprint density at radius 1 is 0.840 bits per heavy atom. The minimum absolute atomic E-state index is 0.159. The lowest BCUT2D eigenvalue weighted by Crippen LogP contribution is -2.45. The Morgan fingerprint density at radius 3 is 2.00 bits per heavy atom. The highest BCUT2D eigenvalue weighted by atomic mass is 16.7. The topological polar surface area (TPSA) is 84.3 Å². The van der Waals surface area contributed by atoms with Gasteiger partial charge in [0.1, 0.15) is 11.8 Å². The maximum Gasteiger partial charge on any atom is 0.233 e. The summed E-state index contributed by atoms with van der Waals surface area (Å²) in [6.45, 7) is 0.274. The molecular weight excluding hydrogens is 320 g/mol. The lowest BCUT2D eigenvalue weighted by atomic mass is 10.0. The second-order valence-corrected chi connectivity index (χ2v) is 5.57. The molecule has 0 amide bonds. The summed E-state index contributed by atoms with van der Waals surface area (Å²) in [4.78, 5) is 12.7. The third kappa shape index (κ3) is 3.28. The van der Waals surface area contributed by atoms with Gasteiger partial charge >= 0.3 is 0 Å². The number of nitrogens with one attached hydrogen (secondary N) is 2. The molecule has 25 heavy (non-hydrogen) atoms. The predicted octanol–water partition coefficient (Wildman–Crippen LogP) is 2.25. The number of hydrazone groups is 2. The van der Waals surface area contributed by atoms with Crippen LogP contribution in [-0.4, -0.2) is 36.2 Å². The highest BCUT2D eigenvalue weighted by Crippen LogP contribution is 2.22. The first-order valence-electron chi connectivity index (χ1n) is 7.90. The number of Topliss-reactive ketones (excluding diaryl/α,β-unsaturated/α-hetero) is 1. The summed E-state index contributed by atoms with van der Waals surface area (Å²) < 4.78 is 11.2. The van der Waals surface area contributed by atoms with Crippen molar-refractivity contribution < 1.29 is 14.3 Å². The van der Waals surface area contributed by atoms with E-state index >= 15 is 0 Å². The molecule has 0 spiro atoms. The van der Waals surface area contributed by atoms with Crippen LogP contribution >= 0.6 is 0 Å². The Bertz CT molecular complexity index is 753. The van der Waals surface area contributed by atoms with E-state index in [0.29, 0.717) is 0 Å². The largest absolute Gasteiger partial charge is 0.344 e. The number of para-hydroxylation sites is 2. The van der Waals surface area contributed by atoms with E-state index in [9.17, 15) is 4.79 Å². The van der Waals surface area contributed by atoms with Gasteiger partial charge in [0, 0.05) is 0 Å². The second-order valence-electron chi connectivity index (χ2n) is 5.57. The zero-order chi connectivity index (χ0) is 17.1. The molecule has 0 radical (unpaired) electrons. The van der Waals surface area contributed by atoms with Crippen LogP contribution in [0.25, 0.3) is 0 Å². The van der Waals surface area contributed by atoms with E-state index in [1.807, 2.05) is 60.7 Å². The van der Waals surface area contributed by atoms with Gasteiger partial charge in [-0.05, 0) is 24.3 Å². The summed E-state index contributed by atoms with van der Waals surface area (Å²) in [5, 5.41) is 8.40. The molecule has 7 heteroatoms. The molecule has 0 saturated carbocycles. The number of hydrogen-bond acceptors (Lipinski definition) is 7. The van der Waals surface area contributed by atoms with E-state index in [0.717, 1.165) is 11.4 Å². The van der Waals surface area contributed by atoms with Crippen molar-refractivity contribution in [2.24, 2.45) is 10.2 Å². The lowest BCUT2D eigenvalue weighted by Gasteiger charge is -2.20. The van der Waals surface area contributed by atoms with Crippen molar-refractivity contribution in [2.45, 2.75) is 12.4 Å². The van der Waals surface area contributed by atoms with Crippen LogP contribution in [0.4, 0.5) is 11.4 Å². The van der Waals surface area contributed by atoms with Crippen LogP contribution in [0.5, 0.6) is 0 Å². The number of fused-ring (bicyclic) bond motifs is 2. The number of carbonyl (C=O) groups is 1. The molecule has 2 aromatic carbocycles. The van der Waals surface area contributed by atoms with Gasteiger partial charge in [0.2, 0.25) is 12.1 Å². The maximum absolute atomic E-state index is 12.7. The van der Waals surface area contributed by atoms with E-state index in [1.54, 1.807) is 0 Å². The van der Waals surface area contributed by atoms with Crippen molar-refractivity contribution in [1.29, 1.82) is 0 Å². The summed E-state index contributed by atoms with van der Waals surface area (Å²) in [6, 6.07) is 18.7. The number of hydrogen-bond donors (Lipinski definition) is 2. The molecule has 7 nitrogen and oxygen atoms in total. The van der Waals surface area contributed by atoms with E-state index < -0.39 is 12.4 Å². The molecular formula is C18H16N4O3. The molecule has 2 atom stereocenters. The molecule has 126 valence electrons. The first-order chi connectivity index (χ1) is 12.3. The van der Waals surface area contributed by atoms with Crippen molar-refractivity contribution in [3.63, 3.8) is 0 Å². The molecule has 4 rings (SSSR count). The lowest BCUT2D eigenvalue weighted by molar-refractivity contribution is -0.110. The normalized spacial score (nSPS) is 25.4. The van der Waals surface area contributed by atoms with Crippen molar-refractivity contribution in [3.8, 4) is 0 Å². The third-order valence-corrected chi connectivity index (χ3v) is 3.84. The van der Waals surface area contributed by atoms with Gasteiger partial charge in [-0.1, -0.05) is 36.4 Å². The van der Waals surface area contributed by atoms with Gasteiger partial charge in [0.25, 0.3) is 0 Å². The molecule has 0 unspecified atom stereocenters. The minimum Gasteiger partial charge on any atom is -0.344 e. The van der Waals surface area contributed by atoms with Crippen molar-refractivity contribution in [3.05, 3.63) is 60.7 Å². The first kappa shape index (κ1) is 15.5. The summed E-state index contributed by atoms with van der Waals surface area (Å²) >= 11 is 0. The van der Waals surface area contributed by atoms with Crippen LogP contribution in [0, 0.1) is 0 Å². The number of ketones is 1. The van der Waals surface area contributed by atoms with Crippen LogP contribution in [0.3, 0.4) is 0 Å². The van der Waals surface area contributed by atoms with Crippen LogP contribution in [0.1, 0.15) is 0 Å². The molecule has 2 saturated heterocycles. The molecule has 2 aromatic rings. The first-order valence-corrected chi connectivity index (χ1v) is 7.90. The number of carbonyl (C=O) groups excluding carboxylic acids is 1. The van der Waals surface area contributed by atoms with Crippen molar-refractivity contribution in [1.82, 2.24) is 0 Å². The highest BCUT2D eigenvalue weighted by molar-refractivity contribution is 6.69. The fourth-order valence-electron chi connectivity index (χ4n) is 2.57. The van der Waals surface area contributed by atoms with Crippen LogP contribution in [0.2, 0.25) is 0 Å². The van der Waals surface area contributed by atoms with Crippen LogP contribution < -0.4 is 10.9 Å². The van der Waals surface area contributed by atoms with Gasteiger partial charge in [-0.15, -0.1) is 0 Å². The molecule has 0 aliphatic carbocycles. The summed E-state index contributed by atoms with van der Waals surface area (Å²) in [5.74, 6) is -0.286. The molecule has 0 aromatic heterocycles. The average Bonchev–Trinajstić information content (AvgIpc) is 3.09. The number of nitrogens with zero attached hydrogens (tertiary/aromatic N) is 2. The fourth-order valence-corrected chi connectivity index (χ4v) is 2.57. The zero-order valence-electron chi connectivity index (χ0n) is 13.3. The second kappa shape index (κ2) is 6.84. The summed E-state index contributed by atoms with van der Waals surface area (Å²) in [6.07, 6.45) is -1.24. The van der Waals surface area contributed by atoms with Crippen LogP contribution in [-0.2, 0) is 14.3 Å². The summed E-state index contributed by atoms with van der Waals surface area (Å²) in [7, 11) is 0. The maximum atomic E-state index is 12.7. The Balaban J connectivity index is 1.56. The molecule has 2 N–H and O–H groups in total. The van der Waals surface area contributed by atoms with E-state index in [1.165, 1.54) is 0 Å². The molecule has 2 aliphatic rings. The Morgan fingerprint density at radius 2 is 1.40 bits per heavy atom. The Labute approximate surface area is 144 Å². The van der Waals surface area contributed by atoms with Crippen LogP contribution in [0.15, 0.2) is 70.9 Å². The molecule has 2 bridgehead atoms. The third-order valence-electron chi connectivity index (χ3n) is 3.84. The van der Waals surface area contributed by atoms with Crippen molar-refractivity contribution >= 4 is 28.6 Å². The van der Waals surface area contributed by atoms with Gasteiger partial charge in [0.15, 0.2) is 5.71 Å². The monoisotopic (exact) mass is 336 g/mol. The highest BCUT2D eigenvalue weighted by Gasteiger charge is 2.46. The van der Waals surface area contributed by atoms with Gasteiger partial charge < -0.3 is 9.47 Å². The SMILES string of the molecule is O=C1/C(=N/Nc2ccccc2)[C@@H]2OC[C@@H](O2)/C1=N\Nc1ccccc1. The fraction of sp³-hybridized carbons (Fsp3) is 0.167. The number of benzene rings is 2. The van der Waals surface area contributed by atoms with Gasteiger partial charge in [0.05, 0.1) is 18.0 Å². The summed E-state index contributed by atoms with van der Waals surface area (Å²) in [5.41, 5.74) is 7.70. The molecule has 2 aliphatic heterocycles. The quantitative estimate of drug-likeness (QED) is 0.837. The van der Waals surface area contributed by atoms with Gasteiger partial charge in [-0.25, -0.2) is 0 Å². The van der Waals surface area contributed by atoms with E-state index in [-0.39, 0.29) is 23.8 Å². The smallest absolute Gasteiger partial charge is 0.233 e. The number of rotatable bonds is 4. The number of anilines is 2. The average molecular weight is 336 g/mol. The molecule has 2 heterocycles. The standard InChI is InChI=1S/C18H16N4O3/c23-17-15(21-19-12-7-3-1-4-8-12)14-11-24-18(25-14)16(17)22-20-13-9-5-2-6-10-13/h1-10,14,18-20H,11H2/b21-15+,22-16-/t14-,18-/m1/s1. The van der Waals surface area contributed by atoms with Gasteiger partial charge in [-0.3, -0.25) is 15.6 Å². The van der Waals surface area contributed by atoms with Crippen molar-refractivity contribution in [2.75, 3.05) is 17.5 Å². The minimum atomic E-state index is -0.760. The Hall–Kier alpha value is -3.03. The number of ether oxygens (including phenoxy) is 2. The van der Waals surface area contributed by atoms with E-state index in [4.69, 9.17) is 9.47 Å². The predicted molar refractivity (Wildman–Crippen MR) is 94.6 cm³/mol. The zero-order valence-corrected chi connectivity index (χ0v) is 13.3. The van der Waals surface area contributed by atoms with E-state index in [2.05, 4.69) is 21.1 Å². The molecule has 2 fully saturated rings. The Kier molecular flexibility index (Phi) is 4.24. The van der Waals surface area contributed by atoms with Gasteiger partial charge in [-0.2, -0.15) is 10.2 Å².